The van der Waals surface area contributed by atoms with E-state index in [1.54, 1.807) is 53.4 Å². The number of rotatable bonds is 13. The monoisotopic (exact) mass is 589 g/mol. The molecule has 42 heavy (non-hydrogen) atoms. The van der Waals surface area contributed by atoms with Gasteiger partial charge in [-0.15, -0.1) is 0 Å². The van der Waals surface area contributed by atoms with Crippen molar-refractivity contribution in [2.24, 2.45) is 0 Å². The van der Waals surface area contributed by atoms with Gasteiger partial charge in [0, 0.05) is 18.7 Å². The summed E-state index contributed by atoms with van der Waals surface area (Å²) in [5.74, 6) is -0.877. The number of amides is 3. The highest BCUT2D eigenvalue weighted by molar-refractivity contribution is 7.99. The number of aliphatic carboxylic acids is 1. The number of H-pyrrole nitrogens is 1. The first-order valence-corrected chi connectivity index (χ1v) is 14.5. The Morgan fingerprint density at radius 1 is 0.952 bits per heavy atom. The number of carbonyl (C=O) groups excluding carboxylic acids is 3. The third kappa shape index (κ3) is 8.58. The number of benzene rings is 3. The van der Waals surface area contributed by atoms with E-state index in [4.69, 9.17) is 4.74 Å². The van der Waals surface area contributed by atoms with Crippen molar-refractivity contribution < 1.29 is 29.0 Å². The first-order chi connectivity index (χ1) is 20.3. The van der Waals surface area contributed by atoms with Crippen LogP contribution >= 0.6 is 11.8 Å². The molecule has 0 unspecified atom stereocenters. The second kappa shape index (κ2) is 14.7. The van der Waals surface area contributed by atoms with Crippen LogP contribution in [0.15, 0.2) is 78.9 Å². The Balaban J connectivity index is 1.32. The van der Waals surface area contributed by atoms with Crippen LogP contribution in [0, 0.1) is 0 Å². The van der Waals surface area contributed by atoms with Crippen LogP contribution in [0.2, 0.25) is 0 Å². The Morgan fingerprint density at radius 3 is 2.36 bits per heavy atom. The molecule has 4 rings (SSSR count). The Hall–Kier alpha value is -4.84. The van der Waals surface area contributed by atoms with Gasteiger partial charge in [-0.05, 0) is 41.6 Å². The van der Waals surface area contributed by atoms with E-state index in [-0.39, 0.29) is 19.1 Å². The quantitative estimate of drug-likeness (QED) is 0.185. The molecule has 1 aromatic heterocycles. The number of hydrogen-bond acceptors (Lipinski definition) is 7. The number of aromatic nitrogens is 2. The zero-order chi connectivity index (χ0) is 29.9. The normalized spacial score (nSPS) is 11.5. The summed E-state index contributed by atoms with van der Waals surface area (Å²) in [6.45, 7) is 0.253. The van der Waals surface area contributed by atoms with Gasteiger partial charge in [0.05, 0.1) is 23.3 Å². The number of nitrogens with one attached hydrogen (secondary N) is 3. The van der Waals surface area contributed by atoms with E-state index in [1.807, 2.05) is 36.6 Å². The van der Waals surface area contributed by atoms with E-state index in [9.17, 15) is 24.3 Å². The molecular weight excluding hydrogens is 558 g/mol. The largest absolute Gasteiger partial charge is 0.480 e. The molecule has 0 aliphatic rings. The van der Waals surface area contributed by atoms with E-state index in [1.165, 1.54) is 11.8 Å². The molecule has 0 spiro atoms. The number of ether oxygens (including phenoxy) is 1. The predicted octanol–water partition coefficient (Wildman–Crippen LogP) is 3.56. The zero-order valence-electron chi connectivity index (χ0n) is 22.9. The lowest BCUT2D eigenvalue weighted by Crippen LogP contribution is -2.48. The highest BCUT2D eigenvalue weighted by Gasteiger charge is 2.22. The lowest BCUT2D eigenvalue weighted by atomic mass is 10.1. The van der Waals surface area contributed by atoms with Gasteiger partial charge in [0.25, 0.3) is 5.91 Å². The smallest absolute Gasteiger partial charge is 0.408 e. The van der Waals surface area contributed by atoms with Crippen LogP contribution in [-0.2, 0) is 34.0 Å². The van der Waals surface area contributed by atoms with E-state index >= 15 is 0 Å². The molecule has 3 aromatic carbocycles. The molecule has 4 N–H and O–H groups in total. The fraction of sp³-hybridized carbons (Fsp3) is 0.233. The van der Waals surface area contributed by atoms with Gasteiger partial charge in [0.1, 0.15) is 18.5 Å². The number of fused-ring (bicyclic) bond motifs is 1. The number of carboxylic acids is 1. The SMILES string of the molecule is CSCC(=O)N(Cc1ccc(C(=O)NC[C@H](NC(=O)OCc2ccccc2)C(=O)O)cc1)Cc1nc2ccccc2[nH]1. The number of aromatic amines is 1. The molecule has 0 radical (unpaired) electrons. The van der Waals surface area contributed by atoms with Crippen LogP contribution in [0.1, 0.15) is 27.3 Å². The van der Waals surface area contributed by atoms with Crippen molar-refractivity contribution in [2.75, 3.05) is 18.6 Å². The molecule has 0 saturated heterocycles. The molecule has 1 atom stereocenters. The van der Waals surface area contributed by atoms with Crippen LogP contribution in [-0.4, -0.2) is 68.4 Å². The molecule has 0 aliphatic carbocycles. The van der Waals surface area contributed by atoms with Crippen LogP contribution in [0.5, 0.6) is 0 Å². The number of alkyl carbamates (subject to hydrolysis) is 1. The van der Waals surface area contributed by atoms with Gasteiger partial charge in [-0.1, -0.05) is 54.6 Å². The molecule has 12 heteroatoms. The second-order valence-corrected chi connectivity index (χ2v) is 10.3. The van der Waals surface area contributed by atoms with Crippen molar-refractivity contribution in [1.29, 1.82) is 0 Å². The summed E-state index contributed by atoms with van der Waals surface area (Å²) < 4.78 is 5.07. The Morgan fingerprint density at radius 2 is 1.67 bits per heavy atom. The first kappa shape index (κ1) is 30.1. The van der Waals surface area contributed by atoms with Crippen LogP contribution < -0.4 is 10.6 Å². The number of para-hydroxylation sites is 2. The number of nitrogens with zero attached hydrogens (tertiary/aromatic N) is 2. The van der Waals surface area contributed by atoms with Crippen molar-refractivity contribution in [3.05, 3.63) is 101 Å². The molecule has 0 fully saturated rings. The number of thioether (sulfide) groups is 1. The summed E-state index contributed by atoms with van der Waals surface area (Å²) >= 11 is 1.43. The average molecular weight is 590 g/mol. The number of carboxylic acid groups (broad SMARTS) is 1. The lowest BCUT2D eigenvalue weighted by Gasteiger charge is -2.22. The zero-order valence-corrected chi connectivity index (χ0v) is 23.7. The summed E-state index contributed by atoms with van der Waals surface area (Å²) in [7, 11) is 0. The molecule has 3 amide bonds. The topological polar surface area (TPSA) is 154 Å². The standard InChI is InChI=1S/C30H31N5O6S/c1-42-19-27(36)35(17-26-32-23-9-5-6-10-24(23)33-26)16-20-11-13-22(14-12-20)28(37)31-15-25(29(38)39)34-30(40)41-18-21-7-3-2-4-8-21/h2-14,25H,15-19H2,1H3,(H,31,37)(H,32,33)(H,34,40)(H,38,39)/t25-/m0/s1. The van der Waals surface area contributed by atoms with Gasteiger partial charge in [-0.25, -0.2) is 14.6 Å². The molecule has 0 saturated carbocycles. The third-order valence-corrected chi connectivity index (χ3v) is 6.79. The summed E-state index contributed by atoms with van der Waals surface area (Å²) in [4.78, 5) is 58.8. The van der Waals surface area contributed by atoms with Gasteiger partial charge in [-0.3, -0.25) is 9.59 Å². The average Bonchev–Trinajstić information content (AvgIpc) is 3.41. The summed E-state index contributed by atoms with van der Waals surface area (Å²) in [5, 5.41) is 14.3. The highest BCUT2D eigenvalue weighted by Crippen LogP contribution is 2.15. The predicted molar refractivity (Wildman–Crippen MR) is 159 cm³/mol. The van der Waals surface area contributed by atoms with E-state index < -0.39 is 24.0 Å². The summed E-state index contributed by atoms with van der Waals surface area (Å²) in [5.41, 5.74) is 3.58. The Bertz CT molecular complexity index is 1490. The van der Waals surface area contributed by atoms with Gasteiger partial charge in [-0.2, -0.15) is 11.8 Å². The van der Waals surface area contributed by atoms with E-state index in [0.29, 0.717) is 30.2 Å². The molecule has 1 heterocycles. The maximum atomic E-state index is 12.8. The van der Waals surface area contributed by atoms with Crippen LogP contribution in [0.25, 0.3) is 11.0 Å². The van der Waals surface area contributed by atoms with Crippen molar-refractivity contribution in [3.8, 4) is 0 Å². The molecule has 11 nitrogen and oxygen atoms in total. The molecule has 218 valence electrons. The van der Waals surface area contributed by atoms with E-state index in [0.717, 1.165) is 22.2 Å². The van der Waals surface area contributed by atoms with Gasteiger partial charge in [0.15, 0.2) is 0 Å². The van der Waals surface area contributed by atoms with E-state index in [2.05, 4.69) is 20.6 Å². The Kier molecular flexibility index (Phi) is 10.5. The molecule has 4 aromatic rings. The minimum Gasteiger partial charge on any atom is -0.480 e. The molecular formula is C30H31N5O6S. The van der Waals surface area contributed by atoms with Crippen molar-refractivity contribution in [3.63, 3.8) is 0 Å². The lowest BCUT2D eigenvalue weighted by molar-refractivity contribution is -0.139. The fourth-order valence-electron chi connectivity index (χ4n) is 4.09. The van der Waals surface area contributed by atoms with Gasteiger partial charge in [0.2, 0.25) is 5.91 Å². The number of carbonyl (C=O) groups is 4. The highest BCUT2D eigenvalue weighted by atomic mass is 32.2. The van der Waals surface area contributed by atoms with Crippen molar-refractivity contribution in [2.45, 2.75) is 25.7 Å². The number of hydrogen-bond donors (Lipinski definition) is 4. The minimum absolute atomic E-state index is 0.0176. The molecule has 0 aliphatic heterocycles. The number of imidazole rings is 1. The van der Waals surface area contributed by atoms with Gasteiger partial charge >= 0.3 is 12.1 Å². The molecule has 0 bridgehead atoms. The third-order valence-electron chi connectivity index (χ3n) is 6.26. The van der Waals surface area contributed by atoms with Crippen LogP contribution in [0.4, 0.5) is 4.79 Å². The van der Waals surface area contributed by atoms with Crippen molar-refractivity contribution >= 4 is 46.7 Å². The first-order valence-electron chi connectivity index (χ1n) is 13.1. The Labute approximate surface area is 246 Å². The van der Waals surface area contributed by atoms with Crippen LogP contribution in [0.3, 0.4) is 0 Å². The maximum absolute atomic E-state index is 12.8. The summed E-state index contributed by atoms with van der Waals surface area (Å²) in [6, 6.07) is 21.9. The fourth-order valence-corrected chi connectivity index (χ4v) is 4.52. The minimum atomic E-state index is -1.38. The second-order valence-electron chi connectivity index (χ2n) is 9.39. The summed E-state index contributed by atoms with van der Waals surface area (Å²) in [6.07, 6.45) is 0.955. The maximum Gasteiger partial charge on any atom is 0.408 e. The van der Waals surface area contributed by atoms with Gasteiger partial charge < -0.3 is 30.4 Å². The van der Waals surface area contributed by atoms with Crippen molar-refractivity contribution in [1.82, 2.24) is 25.5 Å².